The van der Waals surface area contributed by atoms with Crippen molar-refractivity contribution in [3.63, 3.8) is 0 Å². The van der Waals surface area contributed by atoms with Crippen LogP contribution in [0.3, 0.4) is 0 Å². The van der Waals surface area contributed by atoms with Gasteiger partial charge in [-0.05, 0) is 49.7 Å². The third-order valence-corrected chi connectivity index (χ3v) is 5.02. The first-order valence-electron chi connectivity index (χ1n) is 6.90. The van der Waals surface area contributed by atoms with E-state index >= 15 is 0 Å². The fraction of sp³-hybridized carbons (Fsp3) is 0.111. The molecule has 0 aliphatic heterocycles. The van der Waals surface area contributed by atoms with Crippen LogP contribution in [-0.2, 0) is 0 Å². The molecule has 0 saturated carbocycles. The van der Waals surface area contributed by atoms with Gasteiger partial charge in [0.2, 0.25) is 0 Å². The van der Waals surface area contributed by atoms with Gasteiger partial charge in [0.05, 0.1) is 11.1 Å². The van der Waals surface area contributed by atoms with E-state index in [4.69, 9.17) is 4.98 Å². The van der Waals surface area contributed by atoms with Crippen LogP contribution in [0, 0.1) is 6.92 Å². The van der Waals surface area contributed by atoms with Gasteiger partial charge in [0, 0.05) is 14.8 Å². The smallest absolute Gasteiger partial charge is 0.162 e. The monoisotopic (exact) mass is 371 g/mol. The van der Waals surface area contributed by atoms with Crippen LogP contribution >= 0.6 is 27.7 Å². The van der Waals surface area contributed by atoms with Crippen molar-refractivity contribution < 1.29 is 4.79 Å². The Kier molecular flexibility index (Phi) is 4.32. The quantitative estimate of drug-likeness (QED) is 0.556. The maximum absolute atomic E-state index is 12.1. The Balaban J connectivity index is 2.16. The molecule has 110 valence electrons. The van der Waals surface area contributed by atoms with E-state index in [1.165, 1.54) is 11.8 Å². The molecule has 0 unspecified atom stereocenters. The molecule has 22 heavy (non-hydrogen) atoms. The van der Waals surface area contributed by atoms with E-state index in [2.05, 4.69) is 15.9 Å². The number of Topliss-reactive ketones (excluding diaryl/α,β-unsaturated/α-hetero) is 1. The second-order valence-corrected chi connectivity index (χ2v) is 7.02. The molecule has 0 aliphatic rings. The van der Waals surface area contributed by atoms with Gasteiger partial charge in [-0.15, -0.1) is 0 Å². The van der Waals surface area contributed by atoms with Gasteiger partial charge >= 0.3 is 0 Å². The highest BCUT2D eigenvalue weighted by molar-refractivity contribution is 9.10. The van der Waals surface area contributed by atoms with E-state index in [1.54, 1.807) is 6.92 Å². The zero-order valence-electron chi connectivity index (χ0n) is 12.3. The largest absolute Gasteiger partial charge is 0.294 e. The lowest BCUT2D eigenvalue weighted by atomic mass is 10.0. The van der Waals surface area contributed by atoms with Crippen LogP contribution in [-0.4, -0.2) is 10.8 Å². The van der Waals surface area contributed by atoms with Crippen LogP contribution < -0.4 is 0 Å². The lowest BCUT2D eigenvalue weighted by Crippen LogP contribution is -2.02. The number of carbonyl (C=O) groups excluding carboxylic acids is 1. The predicted molar refractivity (Wildman–Crippen MR) is 94.7 cm³/mol. The Hall–Kier alpha value is -1.65. The summed E-state index contributed by atoms with van der Waals surface area (Å²) in [7, 11) is 0. The van der Waals surface area contributed by atoms with E-state index in [0.717, 1.165) is 30.9 Å². The fourth-order valence-electron chi connectivity index (χ4n) is 2.45. The number of aromatic nitrogens is 1. The first-order chi connectivity index (χ1) is 10.6. The second-order valence-electron chi connectivity index (χ2n) is 5.05. The van der Waals surface area contributed by atoms with Crippen LogP contribution in [0.1, 0.15) is 22.8 Å². The molecule has 1 heterocycles. The number of benzene rings is 2. The molecule has 0 atom stereocenters. The Bertz CT molecular complexity index is 859. The van der Waals surface area contributed by atoms with E-state index < -0.39 is 0 Å². The molecule has 0 amide bonds. The highest BCUT2D eigenvalue weighted by Gasteiger charge is 2.16. The molecule has 0 saturated heterocycles. The van der Waals surface area contributed by atoms with Crippen LogP contribution in [0.15, 0.2) is 62.9 Å². The minimum atomic E-state index is 0.0513. The molecule has 1 aromatic heterocycles. The number of rotatable bonds is 3. The molecule has 0 radical (unpaired) electrons. The average molecular weight is 372 g/mol. The average Bonchev–Trinajstić information content (AvgIpc) is 2.49. The zero-order valence-corrected chi connectivity index (χ0v) is 14.7. The van der Waals surface area contributed by atoms with Gasteiger partial charge in [-0.2, -0.15) is 0 Å². The summed E-state index contributed by atoms with van der Waals surface area (Å²) in [5.74, 6) is 0.0513. The van der Waals surface area contributed by atoms with Gasteiger partial charge in [0.25, 0.3) is 0 Å². The number of halogens is 1. The van der Waals surface area contributed by atoms with E-state index in [0.29, 0.717) is 5.56 Å². The van der Waals surface area contributed by atoms with E-state index in [1.807, 2.05) is 55.5 Å². The van der Waals surface area contributed by atoms with Gasteiger partial charge in [-0.1, -0.05) is 45.9 Å². The van der Waals surface area contributed by atoms with Crippen molar-refractivity contribution in [2.24, 2.45) is 0 Å². The summed E-state index contributed by atoms with van der Waals surface area (Å²) in [6.07, 6.45) is 0. The van der Waals surface area contributed by atoms with Crippen molar-refractivity contribution in [1.29, 1.82) is 0 Å². The summed E-state index contributed by atoms with van der Waals surface area (Å²) in [4.78, 5) is 17.9. The molecule has 3 rings (SSSR count). The first kappa shape index (κ1) is 15.3. The molecule has 2 nitrogen and oxygen atoms in total. The summed E-state index contributed by atoms with van der Waals surface area (Å²) in [6, 6.07) is 16.0. The maximum Gasteiger partial charge on any atom is 0.162 e. The van der Waals surface area contributed by atoms with Crippen molar-refractivity contribution >= 4 is 44.4 Å². The zero-order chi connectivity index (χ0) is 15.7. The molecule has 0 aliphatic carbocycles. The van der Waals surface area contributed by atoms with Crippen LogP contribution in [0.5, 0.6) is 0 Å². The molecular weight excluding hydrogens is 358 g/mol. The Morgan fingerprint density at radius 1 is 1.09 bits per heavy atom. The predicted octanol–water partition coefficient (Wildman–Crippen LogP) is 5.66. The number of hydrogen-bond acceptors (Lipinski definition) is 3. The fourth-order valence-corrected chi connectivity index (χ4v) is 3.75. The number of aryl methyl sites for hydroxylation is 1. The topological polar surface area (TPSA) is 30.0 Å². The Labute approximate surface area is 142 Å². The van der Waals surface area contributed by atoms with Crippen molar-refractivity contribution in [2.75, 3.05) is 0 Å². The molecule has 3 aromatic rings. The number of hydrogen-bond donors (Lipinski definition) is 0. The first-order valence-corrected chi connectivity index (χ1v) is 8.51. The molecule has 4 heteroatoms. The number of ketones is 1. The Morgan fingerprint density at radius 2 is 1.77 bits per heavy atom. The van der Waals surface area contributed by atoms with Crippen LogP contribution in [0.25, 0.3) is 10.9 Å². The van der Waals surface area contributed by atoms with E-state index in [9.17, 15) is 4.79 Å². The molecule has 0 spiro atoms. The summed E-state index contributed by atoms with van der Waals surface area (Å²) in [6.45, 7) is 3.59. The minimum Gasteiger partial charge on any atom is -0.294 e. The number of fused-ring (bicyclic) bond motifs is 1. The standard InChI is InChI=1S/C18H14BrNOS/c1-11-15-5-3-4-6-16(15)20-18(17(11)12(2)21)22-14-9-7-13(19)8-10-14/h3-10H,1-2H3. The highest BCUT2D eigenvalue weighted by Crippen LogP contribution is 2.34. The van der Waals surface area contributed by atoms with Gasteiger partial charge < -0.3 is 0 Å². The molecular formula is C18H14BrNOS. The summed E-state index contributed by atoms with van der Waals surface area (Å²) in [5, 5.41) is 1.80. The number of nitrogens with zero attached hydrogens (tertiary/aromatic N) is 1. The van der Waals surface area contributed by atoms with Crippen LogP contribution in [0.2, 0.25) is 0 Å². The molecule has 0 N–H and O–H groups in total. The van der Waals surface area contributed by atoms with Crippen molar-refractivity contribution in [3.8, 4) is 0 Å². The lowest BCUT2D eigenvalue weighted by molar-refractivity contribution is 0.101. The minimum absolute atomic E-state index is 0.0513. The summed E-state index contributed by atoms with van der Waals surface area (Å²) < 4.78 is 1.03. The van der Waals surface area contributed by atoms with Gasteiger partial charge in [0.15, 0.2) is 5.78 Å². The maximum atomic E-state index is 12.1. The number of pyridine rings is 1. The molecule has 0 bridgehead atoms. The number of para-hydroxylation sites is 1. The van der Waals surface area contributed by atoms with Gasteiger partial charge in [-0.25, -0.2) is 4.98 Å². The molecule has 0 fully saturated rings. The Morgan fingerprint density at radius 3 is 2.45 bits per heavy atom. The highest BCUT2D eigenvalue weighted by atomic mass is 79.9. The van der Waals surface area contributed by atoms with Gasteiger partial charge in [-0.3, -0.25) is 4.79 Å². The molecule has 2 aromatic carbocycles. The van der Waals surface area contributed by atoms with Crippen molar-refractivity contribution in [3.05, 3.63) is 64.1 Å². The van der Waals surface area contributed by atoms with Crippen LogP contribution in [0.4, 0.5) is 0 Å². The third kappa shape index (κ3) is 2.94. The van der Waals surface area contributed by atoms with Crippen molar-refractivity contribution in [2.45, 2.75) is 23.8 Å². The SMILES string of the molecule is CC(=O)c1c(Sc2ccc(Br)cc2)nc2ccccc2c1C. The summed E-state index contributed by atoms with van der Waals surface area (Å²) >= 11 is 4.96. The van der Waals surface area contributed by atoms with E-state index in [-0.39, 0.29) is 5.78 Å². The summed E-state index contributed by atoms with van der Waals surface area (Å²) in [5.41, 5.74) is 2.63. The lowest BCUT2D eigenvalue weighted by Gasteiger charge is -2.12. The second kappa shape index (κ2) is 6.23. The third-order valence-electron chi connectivity index (χ3n) is 3.50. The van der Waals surface area contributed by atoms with Crippen molar-refractivity contribution in [1.82, 2.24) is 4.98 Å². The normalized spacial score (nSPS) is 10.9. The number of carbonyl (C=O) groups is 1. The van der Waals surface area contributed by atoms with Gasteiger partial charge in [0.1, 0.15) is 5.03 Å².